The van der Waals surface area contributed by atoms with E-state index < -0.39 is 0 Å². The number of hydrogen-bond acceptors (Lipinski definition) is 2. The minimum Gasteiger partial charge on any atom is -0.497 e. The van der Waals surface area contributed by atoms with Gasteiger partial charge in [0.1, 0.15) is 11.5 Å². The van der Waals surface area contributed by atoms with Gasteiger partial charge in [0.2, 0.25) is 0 Å². The van der Waals surface area contributed by atoms with Crippen LogP contribution >= 0.6 is 0 Å². The van der Waals surface area contributed by atoms with Crippen molar-refractivity contribution in [1.82, 2.24) is 0 Å². The quantitative estimate of drug-likeness (QED) is 0.765. The summed E-state index contributed by atoms with van der Waals surface area (Å²) in [5.74, 6) is 1.39. The van der Waals surface area contributed by atoms with E-state index in [0.29, 0.717) is 12.2 Å². The van der Waals surface area contributed by atoms with Crippen LogP contribution in [0.1, 0.15) is 46.1 Å². The molecule has 1 aromatic rings. The highest BCUT2D eigenvalue weighted by atomic mass is 16.5. The Bertz CT molecular complexity index is 398. The predicted octanol–water partition coefficient (Wildman–Crippen LogP) is 4.27. The van der Waals surface area contributed by atoms with E-state index in [1.165, 1.54) is 5.56 Å². The number of ketones is 1. The van der Waals surface area contributed by atoms with Gasteiger partial charge in [-0.25, -0.2) is 0 Å². The molecule has 2 nitrogen and oxygen atoms in total. The van der Waals surface area contributed by atoms with Gasteiger partial charge in [0.05, 0.1) is 7.11 Å². The van der Waals surface area contributed by atoms with Gasteiger partial charge in [-0.05, 0) is 36.0 Å². The molecule has 0 aromatic heterocycles. The SMILES string of the molecule is COc1ccc(CC[C@@H](C)C(=O)CC(C)(C)C)cc1. The number of aryl methyl sites for hydroxylation is 1. The van der Waals surface area contributed by atoms with Crippen molar-refractivity contribution in [2.45, 2.75) is 47.0 Å². The molecule has 0 N–H and O–H groups in total. The van der Waals surface area contributed by atoms with Crippen LogP contribution in [-0.4, -0.2) is 12.9 Å². The summed E-state index contributed by atoms with van der Waals surface area (Å²) in [5.41, 5.74) is 1.35. The maximum absolute atomic E-state index is 12.1. The third-order valence-corrected chi connectivity index (χ3v) is 3.28. The molecule has 0 bridgehead atoms. The molecule has 1 aromatic carbocycles. The average Bonchev–Trinajstić information content (AvgIpc) is 2.34. The van der Waals surface area contributed by atoms with E-state index >= 15 is 0 Å². The molecule has 0 aliphatic heterocycles. The van der Waals surface area contributed by atoms with Crippen molar-refractivity contribution in [3.8, 4) is 5.75 Å². The van der Waals surface area contributed by atoms with Crippen LogP contribution in [0.3, 0.4) is 0 Å². The van der Waals surface area contributed by atoms with Crippen LogP contribution in [0.4, 0.5) is 0 Å². The second kappa shape index (κ2) is 6.74. The number of methoxy groups -OCH3 is 1. The first-order chi connectivity index (χ1) is 8.81. The molecule has 0 radical (unpaired) electrons. The molecule has 1 rings (SSSR count). The fourth-order valence-electron chi connectivity index (χ4n) is 2.03. The molecular weight excluding hydrogens is 236 g/mol. The second-order valence-electron chi connectivity index (χ2n) is 6.49. The lowest BCUT2D eigenvalue weighted by molar-refractivity contribution is -0.124. The van der Waals surface area contributed by atoms with Crippen LogP contribution in [0.25, 0.3) is 0 Å². The van der Waals surface area contributed by atoms with Crippen LogP contribution in [0.2, 0.25) is 0 Å². The zero-order valence-corrected chi connectivity index (χ0v) is 12.8. The Labute approximate surface area is 117 Å². The van der Waals surface area contributed by atoms with Crippen molar-refractivity contribution >= 4 is 5.78 Å². The first-order valence-electron chi connectivity index (χ1n) is 6.97. The smallest absolute Gasteiger partial charge is 0.136 e. The van der Waals surface area contributed by atoms with Crippen LogP contribution in [0.5, 0.6) is 5.75 Å². The van der Waals surface area contributed by atoms with Gasteiger partial charge in [-0.1, -0.05) is 39.8 Å². The highest BCUT2D eigenvalue weighted by Gasteiger charge is 2.20. The van der Waals surface area contributed by atoms with E-state index in [4.69, 9.17) is 4.74 Å². The normalized spacial score (nSPS) is 13.1. The summed E-state index contributed by atoms with van der Waals surface area (Å²) in [6.45, 7) is 8.38. The van der Waals surface area contributed by atoms with E-state index in [1.54, 1.807) is 7.11 Å². The van der Waals surface area contributed by atoms with Gasteiger partial charge in [0.15, 0.2) is 0 Å². The van der Waals surface area contributed by atoms with Gasteiger partial charge in [0.25, 0.3) is 0 Å². The average molecular weight is 262 g/mol. The summed E-state index contributed by atoms with van der Waals surface area (Å²) in [6.07, 6.45) is 2.53. The number of rotatable bonds is 6. The second-order valence-corrected chi connectivity index (χ2v) is 6.49. The van der Waals surface area contributed by atoms with E-state index in [-0.39, 0.29) is 11.3 Å². The largest absolute Gasteiger partial charge is 0.497 e. The highest BCUT2D eigenvalue weighted by Crippen LogP contribution is 2.23. The van der Waals surface area contributed by atoms with Crippen molar-refractivity contribution in [2.75, 3.05) is 7.11 Å². The Morgan fingerprint density at radius 3 is 2.26 bits per heavy atom. The first kappa shape index (κ1) is 15.7. The van der Waals surface area contributed by atoms with E-state index in [1.807, 2.05) is 19.1 Å². The fourth-order valence-corrected chi connectivity index (χ4v) is 2.03. The Hall–Kier alpha value is -1.31. The summed E-state index contributed by atoms with van der Waals surface area (Å²) in [7, 11) is 1.67. The molecule has 106 valence electrons. The van der Waals surface area contributed by atoms with Gasteiger partial charge in [0, 0.05) is 12.3 Å². The third kappa shape index (κ3) is 5.91. The summed E-state index contributed by atoms with van der Waals surface area (Å²) < 4.78 is 5.13. The molecule has 0 saturated heterocycles. The number of hydrogen-bond donors (Lipinski definition) is 0. The minimum absolute atomic E-state index is 0.0887. The molecule has 1 atom stereocenters. The number of benzene rings is 1. The molecular formula is C17H26O2. The van der Waals surface area contributed by atoms with Gasteiger partial charge in [-0.2, -0.15) is 0 Å². The van der Waals surface area contributed by atoms with Crippen molar-refractivity contribution in [2.24, 2.45) is 11.3 Å². The van der Waals surface area contributed by atoms with E-state index in [9.17, 15) is 4.79 Å². The standard InChI is InChI=1S/C17H26O2/c1-13(16(18)12-17(2,3)4)6-7-14-8-10-15(19-5)11-9-14/h8-11,13H,6-7,12H2,1-5H3/t13-/m1/s1. The topological polar surface area (TPSA) is 26.3 Å². The number of Topliss-reactive ketones (excluding diaryl/α,β-unsaturated/α-hetero) is 1. The van der Waals surface area contributed by atoms with Crippen molar-refractivity contribution in [3.63, 3.8) is 0 Å². The van der Waals surface area contributed by atoms with Gasteiger partial charge < -0.3 is 4.74 Å². The molecule has 0 unspecified atom stereocenters. The van der Waals surface area contributed by atoms with E-state index in [2.05, 4.69) is 32.9 Å². The number of ether oxygens (including phenoxy) is 1. The minimum atomic E-state index is 0.0887. The first-order valence-corrected chi connectivity index (χ1v) is 6.97. The van der Waals surface area contributed by atoms with E-state index in [0.717, 1.165) is 18.6 Å². The zero-order chi connectivity index (χ0) is 14.5. The zero-order valence-electron chi connectivity index (χ0n) is 12.8. The molecule has 0 fully saturated rings. The Balaban J connectivity index is 2.44. The van der Waals surface area contributed by atoms with Gasteiger partial charge in [-0.3, -0.25) is 4.79 Å². The monoisotopic (exact) mass is 262 g/mol. The molecule has 0 amide bonds. The molecule has 0 spiro atoms. The van der Waals surface area contributed by atoms with Crippen molar-refractivity contribution in [1.29, 1.82) is 0 Å². The highest BCUT2D eigenvalue weighted by molar-refractivity contribution is 5.81. The molecule has 0 heterocycles. The Kier molecular flexibility index (Phi) is 5.59. The Morgan fingerprint density at radius 1 is 1.21 bits per heavy atom. The van der Waals surface area contributed by atoms with Crippen LogP contribution < -0.4 is 4.74 Å². The molecule has 19 heavy (non-hydrogen) atoms. The lowest BCUT2D eigenvalue weighted by Gasteiger charge is -2.19. The third-order valence-electron chi connectivity index (χ3n) is 3.28. The summed E-state index contributed by atoms with van der Waals surface area (Å²) >= 11 is 0. The van der Waals surface area contributed by atoms with Gasteiger partial charge >= 0.3 is 0 Å². The maximum atomic E-state index is 12.1. The summed E-state index contributed by atoms with van der Waals surface area (Å²) in [5, 5.41) is 0. The fraction of sp³-hybridized carbons (Fsp3) is 0.588. The molecule has 0 aliphatic carbocycles. The number of carbonyl (C=O) groups is 1. The Morgan fingerprint density at radius 2 is 1.79 bits per heavy atom. The lowest BCUT2D eigenvalue weighted by atomic mass is 9.84. The predicted molar refractivity (Wildman–Crippen MR) is 79.6 cm³/mol. The number of carbonyl (C=O) groups excluding carboxylic acids is 1. The van der Waals surface area contributed by atoms with Crippen LogP contribution in [0.15, 0.2) is 24.3 Å². The van der Waals surface area contributed by atoms with Crippen molar-refractivity contribution in [3.05, 3.63) is 29.8 Å². The molecule has 0 aliphatic rings. The van der Waals surface area contributed by atoms with Gasteiger partial charge in [-0.15, -0.1) is 0 Å². The summed E-state index contributed by atoms with van der Waals surface area (Å²) in [4.78, 5) is 12.1. The van der Waals surface area contributed by atoms with Crippen molar-refractivity contribution < 1.29 is 9.53 Å². The lowest BCUT2D eigenvalue weighted by Crippen LogP contribution is -2.19. The maximum Gasteiger partial charge on any atom is 0.136 e. The summed E-state index contributed by atoms with van der Waals surface area (Å²) in [6, 6.07) is 8.08. The molecule has 2 heteroatoms. The van der Waals surface area contributed by atoms with Crippen LogP contribution in [-0.2, 0) is 11.2 Å². The van der Waals surface area contributed by atoms with Crippen LogP contribution in [0, 0.1) is 11.3 Å². The molecule has 0 saturated carbocycles.